The topological polar surface area (TPSA) is 92.2 Å². The van der Waals surface area contributed by atoms with E-state index >= 15 is 0 Å². The van der Waals surface area contributed by atoms with Crippen LogP contribution in [0, 0.1) is 6.92 Å². The van der Waals surface area contributed by atoms with Crippen molar-refractivity contribution in [3.8, 4) is 0 Å². The SMILES string of the molecule is CCCCCN=NC(C(=O)Nc1ccccc1)C(N)=NCc1ccc(Cl)c(C)c1. The van der Waals surface area contributed by atoms with E-state index in [1.165, 1.54) is 0 Å². The monoisotopic (exact) mass is 413 g/mol. The lowest BCUT2D eigenvalue weighted by molar-refractivity contribution is -0.116. The average Bonchev–Trinajstić information content (AvgIpc) is 2.72. The van der Waals surface area contributed by atoms with Gasteiger partial charge >= 0.3 is 0 Å². The molecule has 0 bridgehead atoms. The zero-order chi connectivity index (χ0) is 21.1. The highest BCUT2D eigenvalue weighted by Crippen LogP contribution is 2.17. The van der Waals surface area contributed by atoms with Crippen molar-refractivity contribution >= 4 is 29.0 Å². The van der Waals surface area contributed by atoms with Gasteiger partial charge in [-0.1, -0.05) is 61.7 Å². The second kappa shape index (κ2) is 12.0. The summed E-state index contributed by atoms with van der Waals surface area (Å²) >= 11 is 6.06. The minimum absolute atomic E-state index is 0.130. The molecule has 1 amide bonds. The van der Waals surface area contributed by atoms with Crippen LogP contribution in [0.1, 0.15) is 37.3 Å². The fraction of sp³-hybridized carbons (Fsp3) is 0.364. The van der Waals surface area contributed by atoms with Crippen LogP contribution in [0.4, 0.5) is 5.69 Å². The van der Waals surface area contributed by atoms with Gasteiger partial charge < -0.3 is 11.1 Å². The summed E-state index contributed by atoms with van der Waals surface area (Å²) in [5, 5.41) is 11.9. The molecule has 0 saturated carbocycles. The molecule has 2 aromatic carbocycles. The van der Waals surface area contributed by atoms with E-state index in [9.17, 15) is 4.79 Å². The van der Waals surface area contributed by atoms with Gasteiger partial charge in [0.2, 0.25) is 6.04 Å². The van der Waals surface area contributed by atoms with Crippen molar-refractivity contribution in [1.82, 2.24) is 0 Å². The molecule has 0 saturated heterocycles. The van der Waals surface area contributed by atoms with Crippen LogP contribution in [-0.2, 0) is 11.3 Å². The number of unbranched alkanes of at least 4 members (excludes halogenated alkanes) is 2. The van der Waals surface area contributed by atoms with Gasteiger partial charge in [0.25, 0.3) is 5.91 Å². The Bertz CT molecular complexity index is 852. The molecule has 3 N–H and O–H groups in total. The molecule has 0 aliphatic carbocycles. The van der Waals surface area contributed by atoms with Gasteiger partial charge in [0.15, 0.2) is 0 Å². The summed E-state index contributed by atoms with van der Waals surface area (Å²) in [5.74, 6) is -0.228. The summed E-state index contributed by atoms with van der Waals surface area (Å²) in [6, 6.07) is 13.9. The Morgan fingerprint density at radius 1 is 1.17 bits per heavy atom. The average molecular weight is 414 g/mol. The number of halogens is 1. The number of azo groups is 1. The number of benzene rings is 2. The number of aryl methyl sites for hydroxylation is 1. The number of nitrogens with one attached hydrogen (secondary N) is 1. The Labute approximate surface area is 177 Å². The number of hydrogen-bond donors (Lipinski definition) is 2. The van der Waals surface area contributed by atoms with Crippen molar-refractivity contribution < 1.29 is 4.79 Å². The van der Waals surface area contributed by atoms with Crippen LogP contribution in [0.15, 0.2) is 63.8 Å². The van der Waals surface area contributed by atoms with Gasteiger partial charge in [0.1, 0.15) is 5.84 Å². The second-order valence-corrected chi connectivity index (χ2v) is 7.18. The summed E-state index contributed by atoms with van der Waals surface area (Å²) in [6.45, 7) is 4.95. The smallest absolute Gasteiger partial charge is 0.258 e. The van der Waals surface area contributed by atoms with Gasteiger partial charge in [-0.3, -0.25) is 9.79 Å². The third-order valence-electron chi connectivity index (χ3n) is 4.30. The van der Waals surface area contributed by atoms with Crippen molar-refractivity contribution in [2.45, 2.75) is 45.7 Å². The molecule has 154 valence electrons. The Hall–Kier alpha value is -2.73. The molecule has 0 aliphatic rings. The zero-order valence-corrected chi connectivity index (χ0v) is 17.7. The molecule has 0 radical (unpaired) electrons. The normalized spacial score (nSPS) is 12.9. The summed E-state index contributed by atoms with van der Waals surface area (Å²) in [7, 11) is 0. The first-order valence-electron chi connectivity index (χ1n) is 9.78. The minimum Gasteiger partial charge on any atom is -0.385 e. The van der Waals surface area contributed by atoms with E-state index in [0.29, 0.717) is 23.8 Å². The molecule has 6 nitrogen and oxygen atoms in total. The number of para-hydroxylation sites is 1. The van der Waals surface area contributed by atoms with Crippen molar-refractivity contribution in [2.24, 2.45) is 21.0 Å². The molecule has 29 heavy (non-hydrogen) atoms. The van der Waals surface area contributed by atoms with Crippen LogP contribution >= 0.6 is 11.6 Å². The van der Waals surface area contributed by atoms with E-state index in [4.69, 9.17) is 17.3 Å². The number of amides is 1. The van der Waals surface area contributed by atoms with Gasteiger partial charge in [-0.2, -0.15) is 10.2 Å². The molecule has 2 rings (SSSR count). The maximum absolute atomic E-state index is 12.7. The molecule has 1 atom stereocenters. The number of nitrogens with zero attached hydrogens (tertiary/aromatic N) is 3. The fourth-order valence-corrected chi connectivity index (χ4v) is 2.74. The minimum atomic E-state index is -0.967. The van der Waals surface area contributed by atoms with E-state index < -0.39 is 6.04 Å². The van der Waals surface area contributed by atoms with Crippen molar-refractivity contribution in [2.75, 3.05) is 11.9 Å². The lowest BCUT2D eigenvalue weighted by Gasteiger charge is -2.12. The first kappa shape index (κ1) is 22.6. The molecule has 0 fully saturated rings. The number of nitrogens with two attached hydrogens (primary N) is 1. The zero-order valence-electron chi connectivity index (χ0n) is 16.9. The van der Waals surface area contributed by atoms with Crippen LogP contribution < -0.4 is 11.1 Å². The first-order chi connectivity index (χ1) is 14.0. The van der Waals surface area contributed by atoms with Crippen molar-refractivity contribution in [3.63, 3.8) is 0 Å². The largest absolute Gasteiger partial charge is 0.385 e. The van der Waals surface area contributed by atoms with E-state index in [-0.39, 0.29) is 11.7 Å². The fourth-order valence-electron chi connectivity index (χ4n) is 2.62. The Morgan fingerprint density at radius 2 is 1.93 bits per heavy atom. The molecule has 1 unspecified atom stereocenters. The highest BCUT2D eigenvalue weighted by molar-refractivity contribution is 6.31. The highest BCUT2D eigenvalue weighted by atomic mass is 35.5. The maximum atomic E-state index is 12.7. The van der Waals surface area contributed by atoms with Gasteiger partial charge in [0.05, 0.1) is 13.1 Å². The van der Waals surface area contributed by atoms with Crippen LogP contribution in [-0.4, -0.2) is 24.3 Å². The predicted octanol–water partition coefficient (Wildman–Crippen LogP) is 5.16. The van der Waals surface area contributed by atoms with Gasteiger partial charge in [-0.05, 0) is 42.7 Å². The number of anilines is 1. The molecule has 0 aliphatic heterocycles. The molecule has 2 aromatic rings. The number of amidine groups is 1. The van der Waals surface area contributed by atoms with E-state index in [1.54, 1.807) is 12.1 Å². The Balaban J connectivity index is 2.12. The van der Waals surface area contributed by atoms with Crippen molar-refractivity contribution in [3.05, 3.63) is 64.7 Å². The summed E-state index contributed by atoms with van der Waals surface area (Å²) in [5.41, 5.74) is 8.73. The number of carbonyl (C=O) groups excluding carboxylic acids is 1. The number of rotatable bonds is 10. The number of carbonyl (C=O) groups is 1. The van der Waals surface area contributed by atoms with Crippen LogP contribution in [0.5, 0.6) is 0 Å². The molecule has 0 heterocycles. The molecule has 7 heteroatoms. The quantitative estimate of drug-likeness (QED) is 0.244. The van der Waals surface area contributed by atoms with Gasteiger partial charge in [0, 0.05) is 10.7 Å². The Morgan fingerprint density at radius 3 is 2.62 bits per heavy atom. The lowest BCUT2D eigenvalue weighted by atomic mass is 10.1. The van der Waals surface area contributed by atoms with Crippen LogP contribution in [0.2, 0.25) is 5.02 Å². The first-order valence-corrected chi connectivity index (χ1v) is 10.2. The predicted molar refractivity (Wildman–Crippen MR) is 120 cm³/mol. The van der Waals surface area contributed by atoms with E-state index in [2.05, 4.69) is 27.5 Å². The maximum Gasteiger partial charge on any atom is 0.258 e. The van der Waals surface area contributed by atoms with Gasteiger partial charge in [-0.25, -0.2) is 0 Å². The lowest BCUT2D eigenvalue weighted by Crippen LogP contribution is -2.38. The summed E-state index contributed by atoms with van der Waals surface area (Å²) in [4.78, 5) is 17.1. The summed E-state index contributed by atoms with van der Waals surface area (Å²) in [6.07, 6.45) is 3.09. The van der Waals surface area contributed by atoms with Gasteiger partial charge in [-0.15, -0.1) is 0 Å². The third-order valence-corrected chi connectivity index (χ3v) is 4.72. The van der Waals surface area contributed by atoms with E-state index in [1.807, 2.05) is 43.3 Å². The second-order valence-electron chi connectivity index (χ2n) is 6.77. The van der Waals surface area contributed by atoms with Crippen LogP contribution in [0.25, 0.3) is 0 Å². The molecular formula is C22H28ClN5O. The summed E-state index contributed by atoms with van der Waals surface area (Å²) < 4.78 is 0. The third kappa shape index (κ3) is 7.66. The standard InChI is InChI=1S/C22H28ClN5O/c1-3-4-8-13-26-28-20(22(29)27-18-9-6-5-7-10-18)21(24)25-15-17-11-12-19(23)16(2)14-17/h5-7,9-12,14,20H,3-4,8,13,15H2,1-2H3,(H2,24,25)(H,27,29). The molecule has 0 aromatic heterocycles. The highest BCUT2D eigenvalue weighted by Gasteiger charge is 2.22. The Kier molecular flexibility index (Phi) is 9.31. The van der Waals surface area contributed by atoms with Crippen molar-refractivity contribution in [1.29, 1.82) is 0 Å². The molecule has 0 spiro atoms. The van der Waals surface area contributed by atoms with Crippen LogP contribution in [0.3, 0.4) is 0 Å². The van der Waals surface area contributed by atoms with E-state index in [0.717, 1.165) is 30.4 Å². The number of hydrogen-bond acceptors (Lipinski definition) is 4. The number of aliphatic imine (C=N–C) groups is 1. The molecular weight excluding hydrogens is 386 g/mol.